The van der Waals surface area contributed by atoms with E-state index in [1.165, 1.54) is 12.3 Å². The van der Waals surface area contributed by atoms with Gasteiger partial charge in [0.1, 0.15) is 4.90 Å². The van der Waals surface area contributed by atoms with Crippen LogP contribution in [0.15, 0.2) is 39.8 Å². The largest absolute Gasteiger partial charge is 0.463 e. The highest BCUT2D eigenvalue weighted by Gasteiger charge is 2.29. The number of para-hydroxylation sites is 1. The van der Waals surface area contributed by atoms with E-state index in [1.807, 2.05) is 0 Å². The number of benzene rings is 1. The minimum absolute atomic E-state index is 0.0352. The van der Waals surface area contributed by atoms with E-state index in [1.54, 1.807) is 18.2 Å². The summed E-state index contributed by atoms with van der Waals surface area (Å²) in [4.78, 5) is 0.0352. The highest BCUT2D eigenvalue weighted by Crippen LogP contribution is 2.24. The molecule has 1 saturated heterocycles. The van der Waals surface area contributed by atoms with Crippen molar-refractivity contribution in [2.24, 2.45) is 0 Å². The molecule has 21 heavy (non-hydrogen) atoms. The Morgan fingerprint density at radius 2 is 2.05 bits per heavy atom. The fraction of sp³-hybridized carbons (Fsp3) is 0.385. The third kappa shape index (κ3) is 2.97. The van der Waals surface area contributed by atoms with Gasteiger partial charge in [0, 0.05) is 11.4 Å². The van der Waals surface area contributed by atoms with Gasteiger partial charge in [-0.2, -0.15) is 0 Å². The smallest absolute Gasteiger partial charge is 0.244 e. The maximum atomic E-state index is 12.5. The molecule has 0 aliphatic carbocycles. The number of rotatable bonds is 3. The first-order valence-corrected chi connectivity index (χ1v) is 9.87. The number of sulfone groups is 1. The van der Waals surface area contributed by atoms with Crippen LogP contribution in [-0.2, 0) is 19.9 Å². The van der Waals surface area contributed by atoms with Crippen molar-refractivity contribution in [3.63, 3.8) is 0 Å². The lowest BCUT2D eigenvalue weighted by Crippen LogP contribution is -2.43. The molecule has 0 radical (unpaired) electrons. The number of furan rings is 1. The van der Waals surface area contributed by atoms with Crippen LogP contribution in [0.25, 0.3) is 11.0 Å². The summed E-state index contributed by atoms with van der Waals surface area (Å²) in [7, 11) is -6.98. The van der Waals surface area contributed by atoms with Crippen LogP contribution < -0.4 is 4.72 Å². The second-order valence-electron chi connectivity index (χ2n) is 5.17. The molecule has 2 aromatic rings. The zero-order chi connectivity index (χ0) is 15.1. The number of hydrogen-bond donors (Lipinski definition) is 1. The first kappa shape index (κ1) is 14.6. The molecule has 1 aliphatic heterocycles. The summed E-state index contributed by atoms with van der Waals surface area (Å²) in [5, 5.41) is 0.689. The fourth-order valence-corrected chi connectivity index (χ4v) is 5.75. The highest BCUT2D eigenvalue weighted by molar-refractivity contribution is 7.91. The van der Waals surface area contributed by atoms with Gasteiger partial charge in [-0.05, 0) is 25.0 Å². The van der Waals surface area contributed by atoms with Crippen molar-refractivity contribution < 1.29 is 21.3 Å². The first-order chi connectivity index (χ1) is 9.87. The lowest BCUT2D eigenvalue weighted by atomic mass is 10.2. The van der Waals surface area contributed by atoms with Gasteiger partial charge in [0.15, 0.2) is 15.4 Å². The molecule has 0 spiro atoms. The Hall–Kier alpha value is -1.38. The third-order valence-electron chi connectivity index (χ3n) is 3.52. The van der Waals surface area contributed by atoms with Crippen molar-refractivity contribution in [2.45, 2.75) is 23.8 Å². The standard InChI is InChI=1S/C13H15NO5S2/c15-20(16)8-2-4-11(9-20)14-21(17,18)12-5-1-3-10-6-7-19-13(10)12/h1,3,5-7,11,14H,2,4,8-9H2/t11-/m1/s1. The SMILES string of the molecule is O=S1(=O)CCC[C@@H](NS(=O)(=O)c2cccc3ccoc23)C1. The molecule has 114 valence electrons. The molecule has 0 saturated carbocycles. The second kappa shape index (κ2) is 5.11. The van der Waals surface area contributed by atoms with E-state index < -0.39 is 25.9 Å². The first-order valence-electron chi connectivity index (χ1n) is 6.56. The van der Waals surface area contributed by atoms with Crippen LogP contribution in [-0.4, -0.2) is 34.4 Å². The van der Waals surface area contributed by atoms with E-state index in [0.29, 0.717) is 18.2 Å². The molecule has 0 bridgehead atoms. The summed E-state index contributed by atoms with van der Waals surface area (Å²) in [6.45, 7) is 0. The van der Waals surface area contributed by atoms with Crippen molar-refractivity contribution in [1.82, 2.24) is 4.72 Å². The molecular formula is C13H15NO5S2. The van der Waals surface area contributed by atoms with Crippen molar-refractivity contribution in [3.05, 3.63) is 30.5 Å². The highest BCUT2D eigenvalue weighted by atomic mass is 32.2. The van der Waals surface area contributed by atoms with Gasteiger partial charge in [-0.15, -0.1) is 0 Å². The Morgan fingerprint density at radius 3 is 2.81 bits per heavy atom. The predicted molar refractivity (Wildman–Crippen MR) is 78.2 cm³/mol. The van der Waals surface area contributed by atoms with Crippen LogP contribution >= 0.6 is 0 Å². The molecule has 1 N–H and O–H groups in total. The van der Waals surface area contributed by atoms with Crippen LogP contribution in [0.2, 0.25) is 0 Å². The second-order valence-corrected chi connectivity index (χ2v) is 9.08. The summed E-state index contributed by atoms with van der Waals surface area (Å²) in [6.07, 6.45) is 2.42. The Labute approximate surface area is 123 Å². The van der Waals surface area contributed by atoms with E-state index in [-0.39, 0.29) is 22.0 Å². The third-order valence-corrected chi connectivity index (χ3v) is 6.88. The predicted octanol–water partition coefficient (Wildman–Crippen LogP) is 1.29. The summed E-state index contributed by atoms with van der Waals surface area (Å²) < 4.78 is 55.8. The Balaban J connectivity index is 1.92. The molecule has 3 rings (SSSR count). The van der Waals surface area contributed by atoms with E-state index in [9.17, 15) is 16.8 Å². The molecule has 1 aromatic carbocycles. The topological polar surface area (TPSA) is 93.5 Å². The van der Waals surface area contributed by atoms with Crippen LogP contribution in [0.3, 0.4) is 0 Å². The minimum atomic E-state index is -3.81. The minimum Gasteiger partial charge on any atom is -0.463 e. The number of sulfonamides is 1. The van der Waals surface area contributed by atoms with Crippen LogP contribution in [0.1, 0.15) is 12.8 Å². The lowest BCUT2D eigenvalue weighted by Gasteiger charge is -2.22. The van der Waals surface area contributed by atoms with Gasteiger partial charge < -0.3 is 4.42 Å². The van der Waals surface area contributed by atoms with Gasteiger partial charge in [0.05, 0.1) is 17.8 Å². The van der Waals surface area contributed by atoms with E-state index in [4.69, 9.17) is 4.42 Å². The van der Waals surface area contributed by atoms with E-state index in [2.05, 4.69) is 4.72 Å². The van der Waals surface area contributed by atoms with Crippen LogP contribution in [0.4, 0.5) is 0 Å². The Bertz CT molecular complexity index is 867. The maximum absolute atomic E-state index is 12.5. The summed E-state index contributed by atoms with van der Waals surface area (Å²) in [5.74, 6) is -0.0284. The van der Waals surface area contributed by atoms with Crippen LogP contribution in [0.5, 0.6) is 0 Å². The fourth-order valence-electron chi connectivity index (χ4n) is 2.58. The van der Waals surface area contributed by atoms with Gasteiger partial charge >= 0.3 is 0 Å². The summed E-state index contributed by atoms with van der Waals surface area (Å²) in [6, 6.07) is 5.93. The van der Waals surface area contributed by atoms with Gasteiger partial charge in [0.25, 0.3) is 0 Å². The number of nitrogens with one attached hydrogen (secondary N) is 1. The molecule has 1 aliphatic rings. The van der Waals surface area contributed by atoms with Gasteiger partial charge in [-0.3, -0.25) is 0 Å². The number of hydrogen-bond acceptors (Lipinski definition) is 5. The monoisotopic (exact) mass is 329 g/mol. The molecule has 1 fully saturated rings. The average molecular weight is 329 g/mol. The van der Waals surface area contributed by atoms with Crippen LogP contribution in [0, 0.1) is 0 Å². The molecule has 2 heterocycles. The van der Waals surface area contributed by atoms with Crippen molar-refractivity contribution in [1.29, 1.82) is 0 Å². The Kier molecular flexibility index (Phi) is 3.54. The van der Waals surface area contributed by atoms with Crippen molar-refractivity contribution in [2.75, 3.05) is 11.5 Å². The lowest BCUT2D eigenvalue weighted by molar-refractivity contribution is 0.516. The van der Waals surface area contributed by atoms with Crippen molar-refractivity contribution in [3.8, 4) is 0 Å². The average Bonchev–Trinajstić information content (AvgIpc) is 2.84. The van der Waals surface area contributed by atoms with Gasteiger partial charge in [0.2, 0.25) is 10.0 Å². The zero-order valence-electron chi connectivity index (χ0n) is 11.2. The molecule has 1 aromatic heterocycles. The molecule has 0 amide bonds. The van der Waals surface area contributed by atoms with E-state index >= 15 is 0 Å². The molecular weight excluding hydrogens is 314 g/mol. The molecule has 6 nitrogen and oxygen atoms in total. The molecule has 0 unspecified atom stereocenters. The van der Waals surface area contributed by atoms with Gasteiger partial charge in [-0.1, -0.05) is 12.1 Å². The Morgan fingerprint density at radius 1 is 1.24 bits per heavy atom. The quantitative estimate of drug-likeness (QED) is 0.916. The molecule has 1 atom stereocenters. The summed E-state index contributed by atoms with van der Waals surface area (Å²) >= 11 is 0. The molecule has 8 heteroatoms. The van der Waals surface area contributed by atoms with E-state index in [0.717, 1.165) is 0 Å². The van der Waals surface area contributed by atoms with Crippen molar-refractivity contribution >= 4 is 30.8 Å². The maximum Gasteiger partial charge on any atom is 0.244 e. The zero-order valence-corrected chi connectivity index (χ0v) is 12.8. The normalized spacial score (nSPS) is 22.4. The summed E-state index contributed by atoms with van der Waals surface area (Å²) in [5.41, 5.74) is 0.281. The number of fused-ring (bicyclic) bond motifs is 1. The van der Waals surface area contributed by atoms with Gasteiger partial charge in [-0.25, -0.2) is 21.6 Å².